The van der Waals surface area contributed by atoms with E-state index >= 15 is 0 Å². The molecule has 1 heterocycles. The van der Waals surface area contributed by atoms with Gasteiger partial charge in [0.2, 0.25) is 5.91 Å². The highest BCUT2D eigenvalue weighted by atomic mass is 16.2. The van der Waals surface area contributed by atoms with Crippen LogP contribution in [0.3, 0.4) is 0 Å². The summed E-state index contributed by atoms with van der Waals surface area (Å²) >= 11 is 0. The average molecular weight is 224 g/mol. The lowest BCUT2D eigenvalue weighted by Crippen LogP contribution is -2.48. The van der Waals surface area contributed by atoms with Crippen LogP contribution >= 0.6 is 0 Å². The molecule has 0 unspecified atom stereocenters. The Morgan fingerprint density at radius 3 is 2.38 bits per heavy atom. The predicted molar refractivity (Wildman–Crippen MR) is 65.2 cm³/mol. The molecule has 1 saturated carbocycles. The summed E-state index contributed by atoms with van der Waals surface area (Å²) in [4.78, 5) is 14.3. The summed E-state index contributed by atoms with van der Waals surface area (Å²) < 4.78 is 0. The summed E-state index contributed by atoms with van der Waals surface area (Å²) in [7, 11) is 0. The van der Waals surface area contributed by atoms with E-state index in [1.165, 1.54) is 19.3 Å². The summed E-state index contributed by atoms with van der Waals surface area (Å²) in [5, 5.41) is 3.29. The van der Waals surface area contributed by atoms with E-state index in [-0.39, 0.29) is 0 Å². The van der Waals surface area contributed by atoms with E-state index < -0.39 is 0 Å². The third kappa shape index (κ3) is 2.76. The van der Waals surface area contributed by atoms with Crippen molar-refractivity contribution < 1.29 is 4.79 Å². The number of hydrogen-bond acceptors (Lipinski definition) is 2. The molecular weight excluding hydrogens is 200 g/mol. The van der Waals surface area contributed by atoms with Crippen molar-refractivity contribution in [1.82, 2.24) is 10.2 Å². The molecule has 0 atom stereocenters. The summed E-state index contributed by atoms with van der Waals surface area (Å²) in [5.41, 5.74) is 0. The van der Waals surface area contributed by atoms with Gasteiger partial charge in [-0.2, -0.15) is 0 Å². The van der Waals surface area contributed by atoms with E-state index in [0.29, 0.717) is 11.8 Å². The fourth-order valence-corrected chi connectivity index (χ4v) is 2.96. The van der Waals surface area contributed by atoms with Crippen LogP contribution in [-0.4, -0.2) is 37.0 Å². The van der Waals surface area contributed by atoms with Gasteiger partial charge in [0.15, 0.2) is 0 Å². The smallest absolute Gasteiger partial charge is 0.225 e. The van der Waals surface area contributed by atoms with Crippen molar-refractivity contribution in [1.29, 1.82) is 0 Å². The van der Waals surface area contributed by atoms with Gasteiger partial charge in [-0.1, -0.05) is 13.3 Å². The van der Waals surface area contributed by atoms with Crippen molar-refractivity contribution in [2.75, 3.05) is 26.2 Å². The highest BCUT2D eigenvalue weighted by Crippen LogP contribution is 2.31. The van der Waals surface area contributed by atoms with Gasteiger partial charge in [0.1, 0.15) is 0 Å². The van der Waals surface area contributed by atoms with Crippen molar-refractivity contribution in [3.63, 3.8) is 0 Å². The molecule has 1 saturated heterocycles. The first-order valence-electron chi connectivity index (χ1n) is 6.80. The third-order valence-corrected chi connectivity index (χ3v) is 4.20. The maximum absolute atomic E-state index is 12.2. The molecule has 16 heavy (non-hydrogen) atoms. The van der Waals surface area contributed by atoms with Crippen LogP contribution in [0.4, 0.5) is 0 Å². The van der Waals surface area contributed by atoms with Crippen LogP contribution in [0.1, 0.15) is 39.0 Å². The second kappa shape index (κ2) is 5.67. The normalized spacial score (nSPS) is 31.4. The van der Waals surface area contributed by atoms with Crippen molar-refractivity contribution in [2.45, 2.75) is 39.0 Å². The highest BCUT2D eigenvalue weighted by Gasteiger charge is 2.29. The van der Waals surface area contributed by atoms with Crippen LogP contribution in [0.5, 0.6) is 0 Å². The Morgan fingerprint density at radius 2 is 1.81 bits per heavy atom. The van der Waals surface area contributed by atoms with E-state index in [1.54, 1.807) is 0 Å². The highest BCUT2D eigenvalue weighted by molar-refractivity contribution is 5.79. The van der Waals surface area contributed by atoms with Crippen molar-refractivity contribution in [2.24, 2.45) is 11.8 Å². The maximum Gasteiger partial charge on any atom is 0.225 e. The van der Waals surface area contributed by atoms with Crippen molar-refractivity contribution >= 4 is 5.91 Å². The van der Waals surface area contributed by atoms with Crippen LogP contribution in [0.25, 0.3) is 0 Å². The molecule has 1 N–H and O–H groups in total. The first-order valence-corrected chi connectivity index (χ1v) is 6.80. The van der Waals surface area contributed by atoms with Gasteiger partial charge >= 0.3 is 0 Å². The van der Waals surface area contributed by atoms with Gasteiger partial charge in [0.05, 0.1) is 0 Å². The Bertz CT molecular complexity index is 228. The molecule has 0 aromatic heterocycles. The van der Waals surface area contributed by atoms with Crippen molar-refractivity contribution in [3.8, 4) is 0 Å². The van der Waals surface area contributed by atoms with E-state index in [4.69, 9.17) is 0 Å². The number of piperazine rings is 1. The molecule has 0 spiro atoms. The molecule has 1 aliphatic carbocycles. The largest absolute Gasteiger partial charge is 0.340 e. The number of amides is 1. The number of nitrogens with zero attached hydrogens (tertiary/aromatic N) is 1. The topological polar surface area (TPSA) is 32.3 Å². The zero-order valence-corrected chi connectivity index (χ0v) is 10.4. The monoisotopic (exact) mass is 224 g/mol. The van der Waals surface area contributed by atoms with E-state index in [1.807, 2.05) is 0 Å². The Balaban J connectivity index is 1.81. The van der Waals surface area contributed by atoms with E-state index in [9.17, 15) is 4.79 Å². The van der Waals surface area contributed by atoms with Gasteiger partial charge in [-0.05, 0) is 31.6 Å². The quantitative estimate of drug-likeness (QED) is 0.773. The van der Waals surface area contributed by atoms with Gasteiger partial charge in [0, 0.05) is 32.1 Å². The molecule has 2 fully saturated rings. The van der Waals surface area contributed by atoms with Gasteiger partial charge in [-0.3, -0.25) is 4.79 Å². The standard InChI is InChI=1S/C13H24N2O/c1-2-11-3-5-12(6-4-11)13(16)15-9-7-14-8-10-15/h11-12,14H,2-10H2,1H3/t11-,12+. The predicted octanol–water partition coefficient (Wildman–Crippen LogP) is 1.63. The summed E-state index contributed by atoms with van der Waals surface area (Å²) in [5.74, 6) is 1.64. The lowest BCUT2D eigenvalue weighted by atomic mass is 9.80. The summed E-state index contributed by atoms with van der Waals surface area (Å²) in [6, 6.07) is 0. The molecule has 0 bridgehead atoms. The van der Waals surface area contributed by atoms with Crippen LogP contribution < -0.4 is 5.32 Å². The lowest BCUT2D eigenvalue weighted by Gasteiger charge is -2.34. The lowest BCUT2D eigenvalue weighted by molar-refractivity contribution is -0.137. The molecule has 1 amide bonds. The number of rotatable bonds is 2. The maximum atomic E-state index is 12.2. The zero-order chi connectivity index (χ0) is 11.4. The zero-order valence-electron chi connectivity index (χ0n) is 10.4. The number of nitrogens with one attached hydrogen (secondary N) is 1. The molecule has 2 aliphatic rings. The van der Waals surface area contributed by atoms with Gasteiger partial charge in [-0.25, -0.2) is 0 Å². The first kappa shape index (κ1) is 11.9. The van der Waals surface area contributed by atoms with Gasteiger partial charge in [0.25, 0.3) is 0 Å². The summed E-state index contributed by atoms with van der Waals surface area (Å²) in [6.45, 7) is 6.02. The molecule has 0 aromatic carbocycles. The molecule has 1 aliphatic heterocycles. The first-order chi connectivity index (χ1) is 7.81. The number of hydrogen-bond donors (Lipinski definition) is 1. The molecule has 92 valence electrons. The van der Waals surface area contributed by atoms with E-state index in [0.717, 1.165) is 44.9 Å². The molecule has 0 radical (unpaired) electrons. The minimum absolute atomic E-state index is 0.334. The summed E-state index contributed by atoms with van der Waals surface area (Å²) in [6.07, 6.45) is 6.06. The average Bonchev–Trinajstić information content (AvgIpc) is 2.39. The third-order valence-electron chi connectivity index (χ3n) is 4.20. The van der Waals surface area contributed by atoms with Crippen molar-refractivity contribution in [3.05, 3.63) is 0 Å². The molecule has 3 heteroatoms. The Morgan fingerprint density at radius 1 is 1.19 bits per heavy atom. The van der Waals surface area contributed by atoms with Gasteiger partial charge < -0.3 is 10.2 Å². The van der Waals surface area contributed by atoms with Crippen LogP contribution in [0, 0.1) is 11.8 Å². The second-order valence-electron chi connectivity index (χ2n) is 5.20. The Kier molecular flexibility index (Phi) is 4.22. The van der Waals surface area contributed by atoms with Crippen LogP contribution in [0.15, 0.2) is 0 Å². The molecular formula is C13H24N2O. The molecule has 3 nitrogen and oxygen atoms in total. The fraction of sp³-hybridized carbons (Fsp3) is 0.923. The Labute approximate surface area is 98.6 Å². The van der Waals surface area contributed by atoms with Crippen LogP contribution in [-0.2, 0) is 4.79 Å². The second-order valence-corrected chi connectivity index (χ2v) is 5.20. The minimum atomic E-state index is 0.334. The van der Waals surface area contributed by atoms with E-state index in [2.05, 4.69) is 17.1 Å². The SMILES string of the molecule is CC[C@H]1CC[C@@H](C(=O)N2CCNCC2)CC1. The Hall–Kier alpha value is -0.570. The number of carbonyl (C=O) groups excluding carboxylic acids is 1. The fourth-order valence-electron chi connectivity index (χ4n) is 2.96. The van der Waals surface area contributed by atoms with Crippen LogP contribution in [0.2, 0.25) is 0 Å². The molecule has 0 aromatic rings. The number of carbonyl (C=O) groups is 1. The molecule has 2 rings (SSSR count). The van der Waals surface area contributed by atoms with Gasteiger partial charge in [-0.15, -0.1) is 0 Å². The minimum Gasteiger partial charge on any atom is -0.340 e.